The molecule has 0 radical (unpaired) electrons. The van der Waals surface area contributed by atoms with Crippen LogP contribution in [0.25, 0.3) is 16.9 Å². The highest BCUT2D eigenvalue weighted by Crippen LogP contribution is 2.28. The van der Waals surface area contributed by atoms with Crippen LogP contribution in [0.15, 0.2) is 60.8 Å². The molecule has 3 heterocycles. The van der Waals surface area contributed by atoms with Crippen LogP contribution in [-0.2, 0) is 4.74 Å². The molecule has 0 aliphatic carbocycles. The molecule has 0 saturated carbocycles. The van der Waals surface area contributed by atoms with Crippen molar-refractivity contribution in [2.45, 2.75) is 19.3 Å². The Morgan fingerprint density at radius 1 is 0.971 bits per heavy atom. The van der Waals surface area contributed by atoms with Gasteiger partial charge in [0.1, 0.15) is 5.69 Å². The predicted molar refractivity (Wildman–Crippen MR) is 135 cm³/mol. The van der Waals surface area contributed by atoms with Crippen molar-refractivity contribution in [1.29, 1.82) is 0 Å². The first-order chi connectivity index (χ1) is 16.7. The number of morpholine rings is 1. The van der Waals surface area contributed by atoms with E-state index in [1.54, 1.807) is 4.68 Å². The van der Waals surface area contributed by atoms with E-state index in [9.17, 15) is 4.79 Å². The highest BCUT2D eigenvalue weighted by atomic mass is 35.5. The molecule has 2 aliphatic heterocycles. The van der Waals surface area contributed by atoms with Gasteiger partial charge in [-0.1, -0.05) is 41.9 Å². The highest BCUT2D eigenvalue weighted by molar-refractivity contribution is 6.30. The molecule has 2 aromatic carbocycles. The van der Waals surface area contributed by atoms with Crippen LogP contribution in [0.4, 0.5) is 0 Å². The first-order valence-corrected chi connectivity index (χ1v) is 12.6. The summed E-state index contributed by atoms with van der Waals surface area (Å²) in [5.41, 5.74) is 3.15. The Bertz CT molecular complexity index is 1090. The highest BCUT2D eigenvalue weighted by Gasteiger charge is 2.28. The van der Waals surface area contributed by atoms with Crippen LogP contribution in [-0.4, -0.2) is 71.4 Å². The molecule has 0 bridgehead atoms. The van der Waals surface area contributed by atoms with Gasteiger partial charge in [-0.15, -0.1) is 0 Å². The van der Waals surface area contributed by atoms with E-state index in [1.165, 1.54) is 6.42 Å². The molecule has 0 unspecified atom stereocenters. The van der Waals surface area contributed by atoms with Gasteiger partial charge in [0.05, 0.1) is 24.5 Å². The summed E-state index contributed by atoms with van der Waals surface area (Å²) in [6.07, 6.45) is 5.18. The third-order valence-corrected chi connectivity index (χ3v) is 7.19. The number of benzene rings is 2. The summed E-state index contributed by atoms with van der Waals surface area (Å²) >= 11 is 6.10. The SMILES string of the molecule is O=C(c1cn(-c2ccccc2)nc1-c1ccc(Cl)cc1)N1CCC(CCN2CCOCC2)CC1. The van der Waals surface area contributed by atoms with E-state index >= 15 is 0 Å². The Balaban J connectivity index is 1.30. The van der Waals surface area contributed by atoms with Crippen LogP contribution < -0.4 is 0 Å². The minimum Gasteiger partial charge on any atom is -0.379 e. The number of likely N-dealkylation sites (tertiary alicyclic amines) is 1. The molecule has 5 rings (SSSR count). The van der Waals surface area contributed by atoms with Crippen LogP contribution in [0, 0.1) is 5.92 Å². The first kappa shape index (κ1) is 23.1. The topological polar surface area (TPSA) is 50.6 Å². The van der Waals surface area contributed by atoms with E-state index in [0.717, 1.165) is 70.0 Å². The second kappa shape index (κ2) is 10.7. The lowest BCUT2D eigenvalue weighted by Crippen LogP contribution is -2.40. The van der Waals surface area contributed by atoms with Gasteiger partial charge >= 0.3 is 0 Å². The van der Waals surface area contributed by atoms with Gasteiger partial charge in [-0.25, -0.2) is 4.68 Å². The lowest BCUT2D eigenvalue weighted by atomic mass is 9.92. The summed E-state index contributed by atoms with van der Waals surface area (Å²) in [5, 5.41) is 5.47. The summed E-state index contributed by atoms with van der Waals surface area (Å²) in [5.74, 6) is 0.730. The quantitative estimate of drug-likeness (QED) is 0.512. The van der Waals surface area contributed by atoms with E-state index in [1.807, 2.05) is 65.7 Å². The van der Waals surface area contributed by atoms with E-state index in [4.69, 9.17) is 21.4 Å². The zero-order valence-corrected chi connectivity index (χ0v) is 20.2. The van der Waals surface area contributed by atoms with Crippen molar-refractivity contribution in [3.8, 4) is 16.9 Å². The molecule has 0 N–H and O–H groups in total. The lowest BCUT2D eigenvalue weighted by molar-refractivity contribution is 0.0332. The first-order valence-electron chi connectivity index (χ1n) is 12.2. The standard InChI is InChI=1S/C27H31ClN4O2/c28-23-8-6-22(7-9-23)26-25(20-32(29-26)24-4-2-1-3-5-24)27(33)31-14-11-21(12-15-31)10-13-30-16-18-34-19-17-30/h1-9,20-21H,10-19H2. The van der Waals surface area contributed by atoms with Crippen molar-refractivity contribution in [3.05, 3.63) is 71.4 Å². The van der Waals surface area contributed by atoms with Crippen LogP contribution in [0.2, 0.25) is 5.02 Å². The Kier molecular flexibility index (Phi) is 7.28. The summed E-state index contributed by atoms with van der Waals surface area (Å²) < 4.78 is 7.25. The molecule has 6 nitrogen and oxygen atoms in total. The van der Waals surface area contributed by atoms with Crippen molar-refractivity contribution in [3.63, 3.8) is 0 Å². The monoisotopic (exact) mass is 478 g/mol. The van der Waals surface area contributed by atoms with E-state index < -0.39 is 0 Å². The Morgan fingerprint density at radius 3 is 2.38 bits per heavy atom. The molecule has 34 heavy (non-hydrogen) atoms. The minimum absolute atomic E-state index is 0.0544. The third kappa shape index (κ3) is 5.35. The maximum Gasteiger partial charge on any atom is 0.257 e. The molecular formula is C27H31ClN4O2. The van der Waals surface area contributed by atoms with Crippen LogP contribution >= 0.6 is 11.6 Å². The average Bonchev–Trinajstić information content (AvgIpc) is 3.34. The van der Waals surface area contributed by atoms with Gasteiger partial charge in [0, 0.05) is 43.0 Å². The fraction of sp³-hybridized carbons (Fsp3) is 0.407. The second-order valence-corrected chi connectivity index (χ2v) is 9.59. The summed E-state index contributed by atoms with van der Waals surface area (Å²) in [6, 6.07) is 17.4. The molecule has 3 aromatic rings. The maximum absolute atomic E-state index is 13.6. The summed E-state index contributed by atoms with van der Waals surface area (Å²) in [4.78, 5) is 18.1. The van der Waals surface area contributed by atoms with Crippen molar-refractivity contribution in [1.82, 2.24) is 19.6 Å². The number of rotatable bonds is 6. The van der Waals surface area contributed by atoms with Crippen molar-refractivity contribution < 1.29 is 9.53 Å². The molecule has 178 valence electrons. The predicted octanol–water partition coefficient (Wildman–Crippen LogP) is 4.77. The lowest BCUT2D eigenvalue weighted by Gasteiger charge is -2.34. The van der Waals surface area contributed by atoms with Crippen molar-refractivity contribution in [2.75, 3.05) is 45.9 Å². The molecule has 0 atom stereocenters. The molecule has 1 aromatic heterocycles. The Morgan fingerprint density at radius 2 is 1.68 bits per heavy atom. The third-order valence-electron chi connectivity index (χ3n) is 6.94. The molecule has 7 heteroatoms. The van der Waals surface area contributed by atoms with Crippen LogP contribution in [0.3, 0.4) is 0 Å². The van der Waals surface area contributed by atoms with Crippen LogP contribution in [0.5, 0.6) is 0 Å². The number of carbonyl (C=O) groups excluding carboxylic acids is 1. The van der Waals surface area contributed by atoms with E-state index in [-0.39, 0.29) is 5.91 Å². The number of piperidine rings is 1. The Hall–Kier alpha value is -2.67. The number of ether oxygens (including phenoxy) is 1. The van der Waals surface area contributed by atoms with E-state index in [0.29, 0.717) is 22.2 Å². The molecule has 2 fully saturated rings. The van der Waals surface area contributed by atoms with Gasteiger partial charge in [-0.05, 0) is 56.0 Å². The number of hydrogen-bond acceptors (Lipinski definition) is 4. The summed E-state index contributed by atoms with van der Waals surface area (Å²) in [7, 11) is 0. The van der Waals surface area contributed by atoms with Gasteiger partial charge in [0.2, 0.25) is 0 Å². The number of carbonyl (C=O) groups is 1. The average molecular weight is 479 g/mol. The molecule has 0 spiro atoms. The largest absolute Gasteiger partial charge is 0.379 e. The fourth-order valence-corrected chi connectivity index (χ4v) is 4.98. The van der Waals surface area contributed by atoms with Gasteiger partial charge in [0.15, 0.2) is 0 Å². The van der Waals surface area contributed by atoms with Gasteiger partial charge in [-0.3, -0.25) is 9.69 Å². The number of halogens is 1. The second-order valence-electron chi connectivity index (χ2n) is 9.16. The molecule has 2 aliphatic rings. The number of aromatic nitrogens is 2. The fourth-order valence-electron chi connectivity index (χ4n) is 4.85. The van der Waals surface area contributed by atoms with Crippen LogP contribution in [0.1, 0.15) is 29.6 Å². The zero-order chi connectivity index (χ0) is 23.3. The normalized spacial score (nSPS) is 17.7. The number of hydrogen-bond donors (Lipinski definition) is 0. The van der Waals surface area contributed by atoms with Gasteiger partial charge in [-0.2, -0.15) is 5.10 Å². The Labute approximate surface area is 206 Å². The maximum atomic E-state index is 13.6. The van der Waals surface area contributed by atoms with E-state index in [2.05, 4.69) is 4.90 Å². The molecular weight excluding hydrogens is 448 g/mol. The van der Waals surface area contributed by atoms with Crippen molar-refractivity contribution >= 4 is 17.5 Å². The molecule has 1 amide bonds. The van der Waals surface area contributed by atoms with Gasteiger partial charge < -0.3 is 9.64 Å². The summed E-state index contributed by atoms with van der Waals surface area (Å²) in [6.45, 7) is 6.49. The van der Waals surface area contributed by atoms with Crippen molar-refractivity contribution in [2.24, 2.45) is 5.92 Å². The minimum atomic E-state index is 0.0544. The smallest absolute Gasteiger partial charge is 0.257 e. The van der Waals surface area contributed by atoms with Gasteiger partial charge in [0.25, 0.3) is 5.91 Å². The number of nitrogens with zero attached hydrogens (tertiary/aromatic N) is 4. The number of amides is 1. The molecule has 2 saturated heterocycles. The zero-order valence-electron chi connectivity index (χ0n) is 19.4. The number of para-hydroxylation sites is 1.